The van der Waals surface area contributed by atoms with Crippen LogP contribution in [0.4, 0.5) is 0 Å². The zero-order chi connectivity index (χ0) is 18.0. The quantitative estimate of drug-likeness (QED) is 0.841. The van der Waals surface area contributed by atoms with E-state index in [1.807, 2.05) is 43.3 Å². The molecule has 0 saturated heterocycles. The summed E-state index contributed by atoms with van der Waals surface area (Å²) in [5.41, 5.74) is 3.41. The van der Waals surface area contributed by atoms with Gasteiger partial charge in [-0.05, 0) is 36.6 Å². The van der Waals surface area contributed by atoms with Crippen LogP contribution in [0.15, 0.2) is 36.4 Å². The average molecular weight is 336 g/mol. The van der Waals surface area contributed by atoms with E-state index >= 15 is 0 Å². The van der Waals surface area contributed by atoms with Crippen molar-refractivity contribution >= 4 is 5.91 Å². The van der Waals surface area contributed by atoms with Gasteiger partial charge in [0.2, 0.25) is 0 Å². The summed E-state index contributed by atoms with van der Waals surface area (Å²) in [6.45, 7) is 2.38. The Morgan fingerprint density at radius 3 is 2.60 bits per heavy atom. The summed E-state index contributed by atoms with van der Waals surface area (Å²) in [5.74, 6) is 1.25. The first-order chi connectivity index (χ1) is 12.1. The lowest BCUT2D eigenvalue weighted by atomic mass is 10.0. The fraction of sp³-hybridized carbons (Fsp3) is 0.300. The van der Waals surface area contributed by atoms with Crippen molar-refractivity contribution < 1.29 is 14.3 Å². The Hall–Kier alpha value is -3.00. The Morgan fingerprint density at radius 2 is 1.92 bits per heavy atom. The van der Waals surface area contributed by atoms with Gasteiger partial charge >= 0.3 is 0 Å². The van der Waals surface area contributed by atoms with Crippen LogP contribution in [-0.2, 0) is 6.42 Å². The number of hydrogen-bond acceptors (Lipinski definition) is 4. The largest absolute Gasteiger partial charge is 0.493 e. The van der Waals surface area contributed by atoms with Gasteiger partial charge in [-0.25, -0.2) is 0 Å². The van der Waals surface area contributed by atoms with Gasteiger partial charge in [-0.15, -0.1) is 0 Å². The lowest BCUT2D eigenvalue weighted by molar-refractivity contribution is 0.0759. The summed E-state index contributed by atoms with van der Waals surface area (Å²) in [5, 5.41) is 9.56. The summed E-state index contributed by atoms with van der Waals surface area (Å²) < 4.78 is 10.6. The summed E-state index contributed by atoms with van der Waals surface area (Å²) in [6.07, 6.45) is 0.636. The molecule has 1 atom stereocenters. The van der Waals surface area contributed by atoms with Crippen LogP contribution >= 0.6 is 0 Å². The third-order valence-corrected chi connectivity index (χ3v) is 4.60. The number of fused-ring (bicyclic) bond motifs is 1. The average Bonchev–Trinajstić information content (AvgIpc) is 2.92. The Kier molecular flexibility index (Phi) is 4.62. The van der Waals surface area contributed by atoms with E-state index in [1.54, 1.807) is 19.1 Å². The molecule has 0 radical (unpaired) electrons. The lowest BCUT2D eigenvalue weighted by Gasteiger charge is -2.20. The minimum absolute atomic E-state index is 0.0693. The van der Waals surface area contributed by atoms with E-state index in [4.69, 9.17) is 9.47 Å². The van der Waals surface area contributed by atoms with Gasteiger partial charge in [0.1, 0.15) is 6.04 Å². The molecule has 3 rings (SSSR count). The Balaban J connectivity index is 1.81. The molecular formula is C20H20N2O3. The highest BCUT2D eigenvalue weighted by Gasteiger charge is 2.37. The van der Waals surface area contributed by atoms with E-state index in [0.29, 0.717) is 30.0 Å². The zero-order valence-corrected chi connectivity index (χ0v) is 14.6. The molecule has 0 saturated carbocycles. The molecule has 2 aromatic carbocycles. The number of aryl methyl sites for hydroxylation is 1. The molecule has 1 aliphatic rings. The number of methoxy groups -OCH3 is 2. The van der Waals surface area contributed by atoms with Crippen LogP contribution in [0.25, 0.3) is 0 Å². The molecule has 1 unspecified atom stereocenters. The predicted molar refractivity (Wildman–Crippen MR) is 93.8 cm³/mol. The van der Waals surface area contributed by atoms with Crippen LogP contribution in [-0.4, -0.2) is 31.6 Å². The second kappa shape index (κ2) is 6.86. The van der Waals surface area contributed by atoms with E-state index in [-0.39, 0.29) is 5.91 Å². The number of hydrogen-bond donors (Lipinski definition) is 0. The van der Waals surface area contributed by atoms with E-state index in [2.05, 4.69) is 6.07 Å². The molecule has 0 aliphatic carbocycles. The van der Waals surface area contributed by atoms with Gasteiger partial charge < -0.3 is 14.4 Å². The summed E-state index contributed by atoms with van der Waals surface area (Å²) in [6, 6.07) is 13.1. The minimum atomic E-state index is -0.525. The van der Waals surface area contributed by atoms with Crippen molar-refractivity contribution in [3.05, 3.63) is 58.7 Å². The van der Waals surface area contributed by atoms with Gasteiger partial charge in [0.05, 0.1) is 20.3 Å². The van der Waals surface area contributed by atoms with Gasteiger partial charge in [-0.2, -0.15) is 5.26 Å². The maximum Gasteiger partial charge on any atom is 0.255 e. The Labute approximate surface area is 147 Å². The standard InChI is InChI=1S/C20H20N2O3/c1-13-5-4-6-15-16(12-21)22(20(23)19(13)15)10-9-14-7-8-17(24-2)18(11-14)25-3/h4-8,11,16H,9-10H2,1-3H3. The molecular weight excluding hydrogens is 316 g/mol. The van der Waals surface area contributed by atoms with E-state index < -0.39 is 6.04 Å². The molecule has 0 bridgehead atoms. The second-order valence-electron chi connectivity index (χ2n) is 6.01. The molecule has 0 aromatic heterocycles. The van der Waals surface area contributed by atoms with Gasteiger partial charge in [0.25, 0.3) is 5.91 Å². The van der Waals surface area contributed by atoms with Crippen molar-refractivity contribution in [3.8, 4) is 17.6 Å². The minimum Gasteiger partial charge on any atom is -0.493 e. The van der Waals surface area contributed by atoms with Crippen LogP contribution < -0.4 is 9.47 Å². The highest BCUT2D eigenvalue weighted by Crippen LogP contribution is 2.35. The Bertz CT molecular complexity index is 855. The number of nitrogens with zero attached hydrogens (tertiary/aromatic N) is 2. The SMILES string of the molecule is COc1ccc(CCN2C(=O)c3c(C)cccc3C2C#N)cc1OC. The molecule has 128 valence electrons. The van der Waals surface area contributed by atoms with Crippen LogP contribution in [0.3, 0.4) is 0 Å². The molecule has 1 amide bonds. The van der Waals surface area contributed by atoms with E-state index in [1.165, 1.54) is 0 Å². The van der Waals surface area contributed by atoms with Crippen molar-refractivity contribution in [2.75, 3.05) is 20.8 Å². The van der Waals surface area contributed by atoms with Gasteiger partial charge in [0, 0.05) is 17.7 Å². The molecule has 5 nitrogen and oxygen atoms in total. The van der Waals surface area contributed by atoms with Crippen molar-refractivity contribution in [2.24, 2.45) is 0 Å². The number of ether oxygens (including phenoxy) is 2. The number of carbonyl (C=O) groups is 1. The number of rotatable bonds is 5. The van der Waals surface area contributed by atoms with Crippen LogP contribution in [0.2, 0.25) is 0 Å². The number of benzene rings is 2. The fourth-order valence-corrected chi connectivity index (χ4v) is 3.29. The first-order valence-corrected chi connectivity index (χ1v) is 8.11. The first-order valence-electron chi connectivity index (χ1n) is 8.11. The normalized spacial score (nSPS) is 15.7. The molecule has 0 spiro atoms. The summed E-state index contributed by atoms with van der Waals surface area (Å²) >= 11 is 0. The zero-order valence-electron chi connectivity index (χ0n) is 14.6. The predicted octanol–water partition coefficient (Wildman–Crippen LogP) is 3.28. The van der Waals surface area contributed by atoms with Gasteiger partial charge in [0.15, 0.2) is 11.5 Å². The van der Waals surface area contributed by atoms with Crippen molar-refractivity contribution in [1.29, 1.82) is 5.26 Å². The topological polar surface area (TPSA) is 62.6 Å². The molecule has 0 fully saturated rings. The molecule has 1 heterocycles. The smallest absolute Gasteiger partial charge is 0.255 e. The fourth-order valence-electron chi connectivity index (χ4n) is 3.29. The molecule has 0 N–H and O–H groups in total. The Morgan fingerprint density at radius 1 is 1.16 bits per heavy atom. The van der Waals surface area contributed by atoms with Crippen LogP contribution in [0.1, 0.15) is 33.1 Å². The maximum absolute atomic E-state index is 12.8. The van der Waals surface area contributed by atoms with Crippen molar-refractivity contribution in [3.63, 3.8) is 0 Å². The van der Waals surface area contributed by atoms with E-state index in [9.17, 15) is 10.1 Å². The van der Waals surface area contributed by atoms with Crippen molar-refractivity contribution in [1.82, 2.24) is 4.90 Å². The second-order valence-corrected chi connectivity index (χ2v) is 6.01. The number of amides is 1. The van der Waals surface area contributed by atoms with Crippen LogP contribution in [0, 0.1) is 18.3 Å². The highest BCUT2D eigenvalue weighted by atomic mass is 16.5. The number of carbonyl (C=O) groups excluding carboxylic acids is 1. The molecule has 2 aromatic rings. The van der Waals surface area contributed by atoms with Gasteiger partial charge in [-0.1, -0.05) is 24.3 Å². The van der Waals surface area contributed by atoms with Gasteiger partial charge in [-0.3, -0.25) is 4.79 Å². The summed E-state index contributed by atoms with van der Waals surface area (Å²) in [4.78, 5) is 14.4. The van der Waals surface area contributed by atoms with E-state index in [0.717, 1.165) is 16.7 Å². The third-order valence-electron chi connectivity index (χ3n) is 4.60. The maximum atomic E-state index is 12.8. The third kappa shape index (κ3) is 2.91. The molecule has 25 heavy (non-hydrogen) atoms. The number of nitriles is 1. The first kappa shape index (κ1) is 16.8. The highest BCUT2D eigenvalue weighted by molar-refractivity contribution is 6.01. The molecule has 1 aliphatic heterocycles. The molecule has 5 heteroatoms. The van der Waals surface area contributed by atoms with Crippen LogP contribution in [0.5, 0.6) is 11.5 Å². The lowest BCUT2D eigenvalue weighted by Crippen LogP contribution is -2.29. The van der Waals surface area contributed by atoms with Crippen molar-refractivity contribution in [2.45, 2.75) is 19.4 Å². The summed E-state index contributed by atoms with van der Waals surface area (Å²) in [7, 11) is 3.19. The monoisotopic (exact) mass is 336 g/mol.